The molecule has 0 N–H and O–H groups in total. The molecule has 6 nitrogen and oxygen atoms in total. The zero-order valence-electron chi connectivity index (χ0n) is 17.2. The molecule has 0 bridgehead atoms. The number of amides is 2. The van der Waals surface area contributed by atoms with Crippen LogP contribution in [0.15, 0.2) is 42.7 Å². The van der Waals surface area contributed by atoms with E-state index in [9.17, 15) is 9.59 Å². The summed E-state index contributed by atoms with van der Waals surface area (Å²) in [6.45, 7) is 7.98. The first-order valence-corrected chi connectivity index (χ1v) is 9.99. The van der Waals surface area contributed by atoms with Crippen LogP contribution in [0.3, 0.4) is 0 Å². The molecule has 0 spiro atoms. The van der Waals surface area contributed by atoms with Gasteiger partial charge in [0.15, 0.2) is 0 Å². The van der Waals surface area contributed by atoms with Crippen molar-refractivity contribution in [3.8, 4) is 0 Å². The van der Waals surface area contributed by atoms with Gasteiger partial charge >= 0.3 is 0 Å². The van der Waals surface area contributed by atoms with Gasteiger partial charge in [0.2, 0.25) is 5.91 Å². The summed E-state index contributed by atoms with van der Waals surface area (Å²) in [7, 11) is 0. The average Bonchev–Trinajstić information content (AvgIpc) is 3.00. The second-order valence-corrected chi connectivity index (χ2v) is 7.89. The van der Waals surface area contributed by atoms with Crippen LogP contribution in [0.1, 0.15) is 39.2 Å². The van der Waals surface area contributed by atoms with Crippen LogP contribution in [0.5, 0.6) is 0 Å². The third-order valence-electron chi connectivity index (χ3n) is 5.42. The zero-order chi connectivity index (χ0) is 20.5. The van der Waals surface area contributed by atoms with Crippen LogP contribution in [0.4, 0.5) is 0 Å². The summed E-state index contributed by atoms with van der Waals surface area (Å²) < 4.78 is 1.99. The summed E-state index contributed by atoms with van der Waals surface area (Å²) in [6, 6.07) is 9.90. The van der Waals surface area contributed by atoms with Gasteiger partial charge < -0.3 is 14.2 Å². The molecule has 4 rings (SSSR count). The van der Waals surface area contributed by atoms with Crippen molar-refractivity contribution in [1.29, 1.82) is 0 Å². The van der Waals surface area contributed by atoms with E-state index in [1.54, 1.807) is 4.90 Å². The van der Waals surface area contributed by atoms with Crippen molar-refractivity contribution in [1.82, 2.24) is 19.2 Å². The number of fused-ring (bicyclic) bond motifs is 1. The molecule has 0 aliphatic carbocycles. The first-order valence-electron chi connectivity index (χ1n) is 9.99. The molecule has 1 aromatic carbocycles. The zero-order valence-corrected chi connectivity index (χ0v) is 17.2. The Kier molecular flexibility index (Phi) is 5.09. The molecule has 0 saturated carbocycles. The second kappa shape index (κ2) is 7.70. The largest absolute Gasteiger partial charge is 0.336 e. The lowest BCUT2D eigenvalue weighted by atomic mass is 10.1. The minimum absolute atomic E-state index is 0.00481. The Morgan fingerprint density at radius 2 is 1.83 bits per heavy atom. The number of benzene rings is 1. The van der Waals surface area contributed by atoms with E-state index in [2.05, 4.69) is 11.1 Å². The molecule has 0 radical (unpaired) electrons. The van der Waals surface area contributed by atoms with E-state index in [1.807, 2.05) is 66.7 Å². The highest BCUT2D eigenvalue weighted by Gasteiger charge is 2.25. The lowest BCUT2D eigenvalue weighted by molar-refractivity contribution is -0.131. The molecule has 2 aromatic heterocycles. The van der Waals surface area contributed by atoms with E-state index in [1.165, 1.54) is 0 Å². The average molecular weight is 390 g/mol. The van der Waals surface area contributed by atoms with Crippen LogP contribution < -0.4 is 0 Å². The molecular formula is C23H26N4O2. The lowest BCUT2D eigenvalue weighted by Gasteiger charge is -2.22. The molecule has 150 valence electrons. The van der Waals surface area contributed by atoms with Crippen LogP contribution in [-0.4, -0.2) is 50.6 Å². The maximum Gasteiger partial charge on any atom is 0.253 e. The Labute approximate surface area is 170 Å². The Morgan fingerprint density at radius 3 is 2.55 bits per heavy atom. The molecule has 3 heterocycles. The van der Waals surface area contributed by atoms with Gasteiger partial charge in [-0.15, -0.1) is 0 Å². The number of imidazole rings is 1. The monoisotopic (exact) mass is 390 g/mol. The molecule has 0 unspecified atom stereocenters. The van der Waals surface area contributed by atoms with Crippen LogP contribution in [0.25, 0.3) is 5.65 Å². The number of hydrogen-bond acceptors (Lipinski definition) is 3. The van der Waals surface area contributed by atoms with E-state index in [-0.39, 0.29) is 11.8 Å². The highest BCUT2D eigenvalue weighted by molar-refractivity contribution is 5.95. The smallest absolute Gasteiger partial charge is 0.253 e. The number of pyridine rings is 1. The van der Waals surface area contributed by atoms with Crippen molar-refractivity contribution in [2.75, 3.05) is 19.6 Å². The fourth-order valence-corrected chi connectivity index (χ4v) is 3.99. The van der Waals surface area contributed by atoms with Gasteiger partial charge in [0.1, 0.15) is 5.65 Å². The third-order valence-corrected chi connectivity index (χ3v) is 5.42. The van der Waals surface area contributed by atoms with Gasteiger partial charge in [-0.05, 0) is 44.5 Å². The normalized spacial score (nSPS) is 15.1. The highest BCUT2D eigenvalue weighted by atomic mass is 16.2. The van der Waals surface area contributed by atoms with Gasteiger partial charge in [-0.3, -0.25) is 9.59 Å². The van der Waals surface area contributed by atoms with E-state index in [0.29, 0.717) is 38.2 Å². The van der Waals surface area contributed by atoms with Gasteiger partial charge in [-0.25, -0.2) is 4.98 Å². The van der Waals surface area contributed by atoms with Gasteiger partial charge in [-0.2, -0.15) is 0 Å². The summed E-state index contributed by atoms with van der Waals surface area (Å²) in [6.07, 6.45) is 4.27. The number of carbonyl (C=O) groups is 2. The number of rotatable bonds is 3. The topological polar surface area (TPSA) is 57.9 Å². The Balaban J connectivity index is 1.48. The first kappa shape index (κ1) is 19.2. The number of aromatic nitrogens is 2. The minimum atomic E-state index is -0.00481. The van der Waals surface area contributed by atoms with E-state index < -0.39 is 0 Å². The van der Waals surface area contributed by atoms with Crippen molar-refractivity contribution < 1.29 is 9.59 Å². The minimum Gasteiger partial charge on any atom is -0.336 e. The van der Waals surface area contributed by atoms with Crippen LogP contribution in [-0.2, 0) is 11.3 Å². The van der Waals surface area contributed by atoms with E-state index in [0.717, 1.165) is 28.0 Å². The lowest BCUT2D eigenvalue weighted by Crippen LogP contribution is -2.35. The summed E-state index contributed by atoms with van der Waals surface area (Å²) in [5.74, 6) is 0.0595. The standard InChI is InChI=1S/C23H26N4O2/c1-16-11-17(2)13-19(12-16)23(29)25-8-6-21(28)26(10-9-25)14-20-15-27-7-4-5-18(3)22(27)24-20/h4-5,7,11-13,15H,6,8-10,14H2,1-3H3. The number of hydrogen-bond donors (Lipinski definition) is 0. The Bertz CT molecular complexity index is 1070. The molecule has 3 aromatic rings. The molecule has 2 amide bonds. The van der Waals surface area contributed by atoms with Crippen molar-refractivity contribution in [3.63, 3.8) is 0 Å². The number of aryl methyl sites for hydroxylation is 3. The van der Waals surface area contributed by atoms with Crippen molar-refractivity contribution in [2.24, 2.45) is 0 Å². The number of carbonyl (C=O) groups excluding carboxylic acids is 2. The first-order chi connectivity index (χ1) is 13.9. The molecule has 1 aliphatic heterocycles. The Hall–Kier alpha value is -3.15. The van der Waals surface area contributed by atoms with Gasteiger partial charge in [0, 0.05) is 44.0 Å². The molecule has 6 heteroatoms. The highest BCUT2D eigenvalue weighted by Crippen LogP contribution is 2.16. The van der Waals surface area contributed by atoms with E-state index >= 15 is 0 Å². The van der Waals surface area contributed by atoms with Gasteiger partial charge in [0.25, 0.3) is 5.91 Å². The van der Waals surface area contributed by atoms with Crippen molar-refractivity contribution in [3.05, 3.63) is 70.7 Å². The van der Waals surface area contributed by atoms with E-state index in [4.69, 9.17) is 0 Å². The van der Waals surface area contributed by atoms with Crippen LogP contribution in [0.2, 0.25) is 0 Å². The molecule has 29 heavy (non-hydrogen) atoms. The predicted octanol–water partition coefficient (Wildman–Crippen LogP) is 3.13. The second-order valence-electron chi connectivity index (χ2n) is 7.89. The molecule has 1 fully saturated rings. The fraction of sp³-hybridized carbons (Fsp3) is 0.348. The summed E-state index contributed by atoms with van der Waals surface area (Å²) in [5.41, 5.74) is 5.72. The predicted molar refractivity (Wildman–Crippen MR) is 112 cm³/mol. The summed E-state index contributed by atoms with van der Waals surface area (Å²) in [5, 5.41) is 0. The fourth-order valence-electron chi connectivity index (χ4n) is 3.99. The Morgan fingerprint density at radius 1 is 1.07 bits per heavy atom. The van der Waals surface area contributed by atoms with Crippen molar-refractivity contribution in [2.45, 2.75) is 33.7 Å². The summed E-state index contributed by atoms with van der Waals surface area (Å²) in [4.78, 5) is 33.9. The van der Waals surface area contributed by atoms with Gasteiger partial charge in [-0.1, -0.05) is 23.3 Å². The van der Waals surface area contributed by atoms with Crippen LogP contribution in [0, 0.1) is 20.8 Å². The molecular weight excluding hydrogens is 364 g/mol. The summed E-state index contributed by atoms with van der Waals surface area (Å²) >= 11 is 0. The maximum atomic E-state index is 13.0. The maximum absolute atomic E-state index is 13.0. The third kappa shape index (κ3) is 4.01. The van der Waals surface area contributed by atoms with Gasteiger partial charge in [0.05, 0.1) is 12.2 Å². The quantitative estimate of drug-likeness (QED) is 0.690. The molecule has 1 saturated heterocycles. The number of nitrogens with zero attached hydrogens (tertiary/aromatic N) is 4. The van der Waals surface area contributed by atoms with Crippen LogP contribution >= 0.6 is 0 Å². The molecule has 1 aliphatic rings. The SMILES string of the molecule is Cc1cc(C)cc(C(=O)N2CCC(=O)N(Cc3cn4cccc(C)c4n3)CC2)c1. The van der Waals surface area contributed by atoms with Crippen molar-refractivity contribution >= 4 is 17.5 Å². The molecule has 0 atom stereocenters.